The van der Waals surface area contributed by atoms with Crippen molar-refractivity contribution in [3.63, 3.8) is 0 Å². The minimum atomic E-state index is 0.0137. The molecule has 4 rings (SSSR count). The van der Waals surface area contributed by atoms with Crippen LogP contribution in [0.25, 0.3) is 11.4 Å². The van der Waals surface area contributed by atoms with E-state index in [-0.39, 0.29) is 17.9 Å². The fourth-order valence-corrected chi connectivity index (χ4v) is 5.74. The van der Waals surface area contributed by atoms with Gasteiger partial charge in [-0.05, 0) is 45.6 Å². The van der Waals surface area contributed by atoms with Crippen molar-refractivity contribution in [2.75, 3.05) is 18.8 Å². The van der Waals surface area contributed by atoms with Crippen LogP contribution in [0.5, 0.6) is 0 Å². The van der Waals surface area contributed by atoms with Crippen molar-refractivity contribution < 1.29 is 9.59 Å². The van der Waals surface area contributed by atoms with Gasteiger partial charge < -0.3 is 14.8 Å². The molecule has 1 aliphatic carbocycles. The van der Waals surface area contributed by atoms with Crippen molar-refractivity contribution in [3.8, 4) is 11.4 Å². The summed E-state index contributed by atoms with van der Waals surface area (Å²) in [6.07, 6.45) is 7.37. The molecule has 7 nitrogen and oxygen atoms in total. The third-order valence-electron chi connectivity index (χ3n) is 6.77. The number of aromatic nitrogens is 3. The van der Waals surface area contributed by atoms with E-state index in [0.717, 1.165) is 61.9 Å². The van der Waals surface area contributed by atoms with Crippen molar-refractivity contribution in [3.05, 3.63) is 29.8 Å². The van der Waals surface area contributed by atoms with Gasteiger partial charge in [0.15, 0.2) is 11.0 Å². The van der Waals surface area contributed by atoms with Crippen molar-refractivity contribution in [1.82, 2.24) is 25.0 Å². The second kappa shape index (κ2) is 11.2. The predicted molar refractivity (Wildman–Crippen MR) is 131 cm³/mol. The monoisotopic (exact) mass is 469 g/mol. The summed E-state index contributed by atoms with van der Waals surface area (Å²) in [6.45, 7) is 6.37. The van der Waals surface area contributed by atoms with E-state index >= 15 is 0 Å². The maximum atomic E-state index is 12.7. The normalized spacial score (nSPS) is 17.8. The molecule has 2 amide bonds. The van der Waals surface area contributed by atoms with E-state index in [0.29, 0.717) is 11.7 Å². The van der Waals surface area contributed by atoms with Crippen LogP contribution in [0.3, 0.4) is 0 Å². The maximum absolute atomic E-state index is 12.7. The van der Waals surface area contributed by atoms with Gasteiger partial charge in [-0.25, -0.2) is 0 Å². The number of likely N-dealkylation sites (tertiary alicyclic amines) is 1. The van der Waals surface area contributed by atoms with Crippen LogP contribution < -0.4 is 5.32 Å². The second-order valence-electron chi connectivity index (χ2n) is 9.21. The van der Waals surface area contributed by atoms with Gasteiger partial charge in [-0.1, -0.05) is 54.8 Å². The highest BCUT2D eigenvalue weighted by Crippen LogP contribution is 2.27. The molecule has 0 bridgehead atoms. The number of piperidine rings is 1. The summed E-state index contributed by atoms with van der Waals surface area (Å²) < 4.78 is 2.06. The van der Waals surface area contributed by atoms with Crippen molar-refractivity contribution in [1.29, 1.82) is 0 Å². The molecule has 2 fully saturated rings. The molecule has 0 unspecified atom stereocenters. The van der Waals surface area contributed by atoms with Gasteiger partial charge in [0.05, 0.1) is 5.75 Å². The molecular formula is C25H35N5O2S. The van der Waals surface area contributed by atoms with E-state index < -0.39 is 0 Å². The summed E-state index contributed by atoms with van der Waals surface area (Å²) in [5.41, 5.74) is 2.22. The summed E-state index contributed by atoms with van der Waals surface area (Å²) in [4.78, 5) is 27.4. The zero-order chi connectivity index (χ0) is 23.2. The third kappa shape index (κ3) is 5.96. The number of benzene rings is 1. The minimum Gasteiger partial charge on any atom is -0.353 e. The molecule has 1 saturated heterocycles. The van der Waals surface area contributed by atoms with Gasteiger partial charge in [0.2, 0.25) is 11.8 Å². The third-order valence-corrected chi connectivity index (χ3v) is 7.73. The van der Waals surface area contributed by atoms with Gasteiger partial charge in [-0.2, -0.15) is 0 Å². The quantitative estimate of drug-likeness (QED) is 0.619. The lowest BCUT2D eigenvalue weighted by Gasteiger charge is -2.35. The lowest BCUT2D eigenvalue weighted by molar-refractivity contribution is -0.137. The van der Waals surface area contributed by atoms with Crippen molar-refractivity contribution >= 4 is 23.6 Å². The highest BCUT2D eigenvalue weighted by atomic mass is 32.2. The van der Waals surface area contributed by atoms with Crippen LogP contribution in [0.1, 0.15) is 57.4 Å². The Morgan fingerprint density at radius 2 is 1.85 bits per heavy atom. The summed E-state index contributed by atoms with van der Waals surface area (Å²) >= 11 is 1.43. The number of thioether (sulfide) groups is 1. The Morgan fingerprint density at radius 1 is 1.09 bits per heavy atom. The Kier molecular flexibility index (Phi) is 8.06. The Bertz CT molecular complexity index is 961. The van der Waals surface area contributed by atoms with Crippen LogP contribution in [0, 0.1) is 12.8 Å². The smallest absolute Gasteiger partial charge is 0.230 e. The molecule has 1 N–H and O–H groups in total. The van der Waals surface area contributed by atoms with Gasteiger partial charge in [-0.15, -0.1) is 10.2 Å². The van der Waals surface area contributed by atoms with Crippen LogP contribution in [0.4, 0.5) is 0 Å². The molecule has 178 valence electrons. The van der Waals surface area contributed by atoms with Gasteiger partial charge >= 0.3 is 0 Å². The number of aryl methyl sites for hydroxylation is 1. The Labute approximate surface area is 200 Å². The summed E-state index contributed by atoms with van der Waals surface area (Å²) in [5.74, 6) is 1.71. The molecule has 2 aliphatic rings. The molecule has 8 heteroatoms. The largest absolute Gasteiger partial charge is 0.353 e. The number of rotatable bonds is 7. The van der Waals surface area contributed by atoms with Crippen molar-refractivity contribution in [2.24, 2.45) is 5.92 Å². The first-order valence-electron chi connectivity index (χ1n) is 12.3. The highest BCUT2D eigenvalue weighted by Gasteiger charge is 2.29. The minimum absolute atomic E-state index is 0.0137. The van der Waals surface area contributed by atoms with Gasteiger partial charge in [-0.3, -0.25) is 9.59 Å². The van der Waals surface area contributed by atoms with Crippen LogP contribution in [-0.2, 0) is 16.1 Å². The average molecular weight is 470 g/mol. The molecule has 2 aromatic rings. The SMILES string of the molecule is CCn1c(SCC(=O)NC2CCN(C(=O)C3CCCCC3)CC2)nnc1-c1cccc(C)c1. The van der Waals surface area contributed by atoms with E-state index in [2.05, 4.69) is 46.1 Å². The van der Waals surface area contributed by atoms with Crippen LogP contribution >= 0.6 is 11.8 Å². The number of nitrogens with one attached hydrogen (secondary N) is 1. The van der Waals surface area contributed by atoms with E-state index in [9.17, 15) is 9.59 Å². The van der Waals surface area contributed by atoms with E-state index in [1.807, 2.05) is 17.0 Å². The first-order chi connectivity index (χ1) is 16.0. The molecule has 1 aliphatic heterocycles. The fourth-order valence-electron chi connectivity index (χ4n) is 4.93. The number of nitrogens with zero attached hydrogens (tertiary/aromatic N) is 4. The Hall–Kier alpha value is -2.35. The fraction of sp³-hybridized carbons (Fsp3) is 0.600. The van der Waals surface area contributed by atoms with E-state index in [1.165, 1.54) is 36.6 Å². The number of amides is 2. The molecule has 2 heterocycles. The van der Waals surface area contributed by atoms with Crippen LogP contribution in [0.2, 0.25) is 0 Å². The van der Waals surface area contributed by atoms with Gasteiger partial charge in [0.1, 0.15) is 0 Å². The molecule has 0 spiro atoms. The first kappa shape index (κ1) is 23.8. The van der Waals surface area contributed by atoms with Gasteiger partial charge in [0.25, 0.3) is 0 Å². The molecule has 1 aromatic carbocycles. The molecule has 1 saturated carbocycles. The lowest BCUT2D eigenvalue weighted by atomic mass is 9.87. The second-order valence-corrected chi connectivity index (χ2v) is 10.2. The van der Waals surface area contributed by atoms with E-state index in [1.54, 1.807) is 0 Å². The average Bonchev–Trinajstić information content (AvgIpc) is 3.26. The van der Waals surface area contributed by atoms with Crippen LogP contribution in [0.15, 0.2) is 29.4 Å². The van der Waals surface area contributed by atoms with Gasteiger partial charge in [0, 0.05) is 37.2 Å². The van der Waals surface area contributed by atoms with E-state index in [4.69, 9.17) is 0 Å². The highest BCUT2D eigenvalue weighted by molar-refractivity contribution is 7.99. The molecule has 33 heavy (non-hydrogen) atoms. The lowest BCUT2D eigenvalue weighted by Crippen LogP contribution is -2.48. The molecule has 1 aromatic heterocycles. The van der Waals surface area contributed by atoms with Crippen LogP contribution in [-0.4, -0.2) is 56.4 Å². The van der Waals surface area contributed by atoms with Crippen molar-refractivity contribution in [2.45, 2.75) is 76.5 Å². The molecule has 0 radical (unpaired) electrons. The summed E-state index contributed by atoms with van der Waals surface area (Å²) in [7, 11) is 0. The standard InChI is InChI=1S/C25H35N5O2S/c1-3-30-23(20-11-7-8-18(2)16-20)27-28-25(30)33-17-22(31)26-21-12-14-29(15-13-21)24(32)19-9-5-4-6-10-19/h7-8,11,16,19,21H,3-6,9-10,12-15,17H2,1-2H3,(H,26,31). The Morgan fingerprint density at radius 3 is 2.55 bits per heavy atom. The molecule has 0 atom stereocenters. The zero-order valence-electron chi connectivity index (χ0n) is 19.8. The Balaban J connectivity index is 1.25. The first-order valence-corrected chi connectivity index (χ1v) is 13.2. The molecular weight excluding hydrogens is 434 g/mol. The summed E-state index contributed by atoms with van der Waals surface area (Å²) in [5, 5.41) is 12.6. The zero-order valence-corrected chi connectivity index (χ0v) is 20.6. The number of hydrogen-bond acceptors (Lipinski definition) is 5. The number of carbonyl (C=O) groups is 2. The topological polar surface area (TPSA) is 80.1 Å². The number of hydrogen-bond donors (Lipinski definition) is 1. The maximum Gasteiger partial charge on any atom is 0.230 e. The summed E-state index contributed by atoms with van der Waals surface area (Å²) in [6, 6.07) is 8.36. The predicted octanol–water partition coefficient (Wildman–Crippen LogP) is 4.05. The number of carbonyl (C=O) groups excluding carboxylic acids is 2.